The first-order valence-corrected chi connectivity index (χ1v) is 6.40. The number of hydrogen-bond acceptors (Lipinski definition) is 3. The Kier molecular flexibility index (Phi) is 5.51. The summed E-state index contributed by atoms with van der Waals surface area (Å²) in [6.45, 7) is 5.56. The third kappa shape index (κ3) is 4.71. The van der Waals surface area contributed by atoms with E-state index in [0.717, 1.165) is 0 Å². The quantitative estimate of drug-likeness (QED) is 0.759. The molecule has 0 heterocycles. The van der Waals surface area contributed by atoms with E-state index in [1.165, 1.54) is 0 Å². The number of carbonyl (C=O) groups is 2. The van der Waals surface area contributed by atoms with Crippen molar-refractivity contribution in [3.05, 3.63) is 24.3 Å². The van der Waals surface area contributed by atoms with E-state index in [4.69, 9.17) is 5.73 Å². The maximum Gasteiger partial charge on any atom is 0.241 e. The second-order valence-corrected chi connectivity index (χ2v) is 4.74. The van der Waals surface area contributed by atoms with Crippen LogP contribution in [-0.2, 0) is 9.59 Å². The largest absolute Gasteiger partial charge is 0.326 e. The van der Waals surface area contributed by atoms with Crippen LogP contribution in [0.3, 0.4) is 0 Å². The van der Waals surface area contributed by atoms with Gasteiger partial charge in [-0.25, -0.2) is 0 Å². The molecule has 5 heteroatoms. The minimum absolute atomic E-state index is 0.0673. The molecule has 0 saturated carbocycles. The number of nitrogens with two attached hydrogens (primary N) is 1. The van der Waals surface area contributed by atoms with Crippen LogP contribution < -0.4 is 16.4 Å². The lowest BCUT2D eigenvalue weighted by molar-refractivity contribution is -0.118. The average Bonchev–Trinajstić information content (AvgIpc) is 2.37. The zero-order valence-corrected chi connectivity index (χ0v) is 11.6. The molecule has 1 aromatic carbocycles. The van der Waals surface area contributed by atoms with Crippen molar-refractivity contribution in [2.45, 2.75) is 33.2 Å². The van der Waals surface area contributed by atoms with Crippen LogP contribution in [0.4, 0.5) is 11.4 Å². The number of hydrogen-bond donors (Lipinski definition) is 3. The second-order valence-electron chi connectivity index (χ2n) is 4.74. The molecule has 0 aliphatic rings. The van der Waals surface area contributed by atoms with E-state index >= 15 is 0 Å². The van der Waals surface area contributed by atoms with Gasteiger partial charge < -0.3 is 16.4 Å². The van der Waals surface area contributed by atoms with Crippen LogP contribution in [0.2, 0.25) is 0 Å². The Labute approximate surface area is 113 Å². The van der Waals surface area contributed by atoms with Crippen molar-refractivity contribution >= 4 is 23.2 Å². The topological polar surface area (TPSA) is 84.2 Å². The van der Waals surface area contributed by atoms with Crippen LogP contribution in [0.25, 0.3) is 0 Å². The van der Waals surface area contributed by atoms with Gasteiger partial charge in [-0.3, -0.25) is 9.59 Å². The smallest absolute Gasteiger partial charge is 0.241 e. The summed E-state index contributed by atoms with van der Waals surface area (Å²) in [6, 6.07) is 6.45. The Morgan fingerprint density at radius 2 is 1.79 bits per heavy atom. The van der Waals surface area contributed by atoms with E-state index in [2.05, 4.69) is 10.6 Å². The van der Waals surface area contributed by atoms with E-state index in [0.29, 0.717) is 17.8 Å². The summed E-state index contributed by atoms with van der Waals surface area (Å²) in [4.78, 5) is 23.1. The van der Waals surface area contributed by atoms with Crippen molar-refractivity contribution < 1.29 is 9.59 Å². The highest BCUT2D eigenvalue weighted by Gasteiger charge is 2.17. The van der Waals surface area contributed by atoms with Gasteiger partial charge >= 0.3 is 0 Å². The van der Waals surface area contributed by atoms with Crippen molar-refractivity contribution in [2.75, 3.05) is 10.6 Å². The van der Waals surface area contributed by atoms with Crippen LogP contribution in [-0.4, -0.2) is 17.9 Å². The molecule has 1 unspecified atom stereocenters. The highest BCUT2D eigenvalue weighted by molar-refractivity contribution is 5.96. The van der Waals surface area contributed by atoms with Gasteiger partial charge in [0.25, 0.3) is 0 Å². The summed E-state index contributed by atoms with van der Waals surface area (Å²) in [5.41, 5.74) is 7.04. The van der Waals surface area contributed by atoms with E-state index in [-0.39, 0.29) is 17.7 Å². The van der Waals surface area contributed by atoms with Crippen LogP contribution in [0, 0.1) is 5.92 Å². The predicted octanol–water partition coefficient (Wildman–Crippen LogP) is 1.96. The Hall–Kier alpha value is -1.88. The van der Waals surface area contributed by atoms with Crippen molar-refractivity contribution in [1.29, 1.82) is 0 Å². The molecule has 4 N–H and O–H groups in total. The van der Waals surface area contributed by atoms with E-state index in [9.17, 15) is 9.59 Å². The molecular formula is C14H21N3O2. The molecule has 0 aromatic heterocycles. The fourth-order valence-corrected chi connectivity index (χ4v) is 1.45. The van der Waals surface area contributed by atoms with Crippen molar-refractivity contribution in [1.82, 2.24) is 0 Å². The number of benzene rings is 1. The highest BCUT2D eigenvalue weighted by atomic mass is 16.2. The molecule has 1 aromatic rings. The standard InChI is InChI=1S/C14H21N3O2/c1-4-12(18)16-10-6-5-7-11(8-10)17-14(19)13(15)9(2)3/h5-9,13H,4,15H2,1-3H3,(H,16,18)(H,17,19). The average molecular weight is 263 g/mol. The first-order valence-electron chi connectivity index (χ1n) is 6.40. The lowest BCUT2D eigenvalue weighted by atomic mass is 10.0. The molecule has 104 valence electrons. The molecule has 5 nitrogen and oxygen atoms in total. The molecule has 0 fully saturated rings. The monoisotopic (exact) mass is 263 g/mol. The van der Waals surface area contributed by atoms with Crippen molar-refractivity contribution in [3.63, 3.8) is 0 Å². The van der Waals surface area contributed by atoms with Gasteiger partial charge in [-0.15, -0.1) is 0 Å². The summed E-state index contributed by atoms with van der Waals surface area (Å²) in [5.74, 6) is -0.223. The summed E-state index contributed by atoms with van der Waals surface area (Å²) in [6.07, 6.45) is 0.412. The lowest BCUT2D eigenvalue weighted by Gasteiger charge is -2.15. The first-order chi connectivity index (χ1) is 8.93. The summed E-state index contributed by atoms with van der Waals surface area (Å²) in [5, 5.41) is 5.48. The fourth-order valence-electron chi connectivity index (χ4n) is 1.45. The SMILES string of the molecule is CCC(=O)Nc1cccc(NC(=O)C(N)C(C)C)c1. The zero-order valence-electron chi connectivity index (χ0n) is 11.6. The Balaban J connectivity index is 2.72. The second kappa shape index (κ2) is 6.89. The van der Waals surface area contributed by atoms with Crippen LogP contribution in [0.1, 0.15) is 27.2 Å². The van der Waals surface area contributed by atoms with Crippen LogP contribution >= 0.6 is 0 Å². The van der Waals surface area contributed by atoms with Gasteiger partial charge in [0.2, 0.25) is 11.8 Å². The Bertz CT molecular complexity index is 458. The van der Waals surface area contributed by atoms with Crippen LogP contribution in [0.5, 0.6) is 0 Å². The number of rotatable bonds is 5. The number of amides is 2. The maximum atomic E-state index is 11.8. The predicted molar refractivity (Wildman–Crippen MR) is 76.8 cm³/mol. The fraction of sp³-hybridized carbons (Fsp3) is 0.429. The van der Waals surface area contributed by atoms with Gasteiger partial charge in [-0.05, 0) is 24.1 Å². The maximum absolute atomic E-state index is 11.8. The molecule has 1 rings (SSSR count). The molecule has 0 spiro atoms. The molecule has 0 aliphatic heterocycles. The summed E-state index contributed by atoms with van der Waals surface area (Å²) < 4.78 is 0. The van der Waals surface area contributed by atoms with Gasteiger partial charge in [0.05, 0.1) is 6.04 Å². The Morgan fingerprint density at radius 1 is 1.21 bits per heavy atom. The Morgan fingerprint density at radius 3 is 2.32 bits per heavy atom. The summed E-state index contributed by atoms with van der Waals surface area (Å²) in [7, 11) is 0. The first kappa shape index (κ1) is 15.2. The highest BCUT2D eigenvalue weighted by Crippen LogP contribution is 2.16. The van der Waals surface area contributed by atoms with E-state index in [1.807, 2.05) is 13.8 Å². The number of anilines is 2. The van der Waals surface area contributed by atoms with Crippen LogP contribution in [0.15, 0.2) is 24.3 Å². The van der Waals surface area contributed by atoms with Gasteiger partial charge in [0.1, 0.15) is 0 Å². The molecule has 19 heavy (non-hydrogen) atoms. The minimum Gasteiger partial charge on any atom is -0.326 e. The third-order valence-corrected chi connectivity index (χ3v) is 2.76. The van der Waals surface area contributed by atoms with E-state index < -0.39 is 6.04 Å². The lowest BCUT2D eigenvalue weighted by Crippen LogP contribution is -2.39. The van der Waals surface area contributed by atoms with Crippen molar-refractivity contribution in [2.24, 2.45) is 11.7 Å². The molecule has 0 bridgehead atoms. The van der Waals surface area contributed by atoms with E-state index in [1.54, 1.807) is 31.2 Å². The summed E-state index contributed by atoms with van der Waals surface area (Å²) >= 11 is 0. The van der Waals surface area contributed by atoms with Crippen molar-refractivity contribution in [3.8, 4) is 0 Å². The van der Waals surface area contributed by atoms with Gasteiger partial charge in [-0.1, -0.05) is 26.8 Å². The van der Waals surface area contributed by atoms with Gasteiger partial charge in [-0.2, -0.15) is 0 Å². The molecule has 1 atom stereocenters. The molecule has 2 amide bonds. The molecule has 0 aliphatic carbocycles. The minimum atomic E-state index is -0.547. The molecular weight excluding hydrogens is 242 g/mol. The third-order valence-electron chi connectivity index (χ3n) is 2.76. The zero-order chi connectivity index (χ0) is 14.4. The molecule has 0 radical (unpaired) electrons. The van der Waals surface area contributed by atoms with Gasteiger partial charge in [0.15, 0.2) is 0 Å². The molecule has 0 saturated heterocycles. The van der Waals surface area contributed by atoms with Gasteiger partial charge in [0, 0.05) is 17.8 Å². The number of carbonyl (C=O) groups excluding carboxylic acids is 2. The number of nitrogens with one attached hydrogen (secondary N) is 2. The normalized spacial score (nSPS) is 12.1.